The van der Waals surface area contributed by atoms with Crippen LogP contribution in [0.2, 0.25) is 0 Å². The highest BCUT2D eigenvalue weighted by molar-refractivity contribution is 5.86. The highest BCUT2D eigenvalue weighted by atomic mass is 16.5. The number of likely N-dealkylation sites (tertiary alicyclic amines) is 1. The van der Waals surface area contributed by atoms with E-state index in [4.69, 9.17) is 4.74 Å². The minimum absolute atomic E-state index is 0.0402. The molecule has 4 heteroatoms. The van der Waals surface area contributed by atoms with Gasteiger partial charge in [-0.2, -0.15) is 0 Å². The van der Waals surface area contributed by atoms with Crippen molar-refractivity contribution >= 4 is 11.9 Å². The van der Waals surface area contributed by atoms with Crippen LogP contribution in [0.15, 0.2) is 12.2 Å². The normalized spacial score (nSPS) is 27.7. The number of rotatable bonds is 3. The van der Waals surface area contributed by atoms with Crippen LogP contribution in [0.5, 0.6) is 0 Å². The van der Waals surface area contributed by atoms with Crippen molar-refractivity contribution in [1.29, 1.82) is 0 Å². The molecule has 1 fully saturated rings. The standard InChI is InChI=1S/C12H17NO3/c1-12(2,11(15)16-3)7-13-9-5-4-8(6-9)10(13)14/h4-5,8-9H,6-7H2,1-3H3. The third kappa shape index (κ3) is 1.62. The fourth-order valence-corrected chi connectivity index (χ4v) is 2.43. The van der Waals surface area contributed by atoms with Gasteiger partial charge in [0.25, 0.3) is 0 Å². The van der Waals surface area contributed by atoms with Crippen molar-refractivity contribution in [3.63, 3.8) is 0 Å². The summed E-state index contributed by atoms with van der Waals surface area (Å²) in [5, 5.41) is 0. The molecule has 2 bridgehead atoms. The molecule has 88 valence electrons. The summed E-state index contributed by atoms with van der Waals surface area (Å²) >= 11 is 0. The van der Waals surface area contributed by atoms with Gasteiger partial charge in [0.2, 0.25) is 5.91 Å². The van der Waals surface area contributed by atoms with Gasteiger partial charge in [-0.25, -0.2) is 0 Å². The van der Waals surface area contributed by atoms with Gasteiger partial charge in [-0.05, 0) is 20.3 Å². The zero-order chi connectivity index (χ0) is 11.9. The van der Waals surface area contributed by atoms with E-state index in [0.717, 1.165) is 6.42 Å². The Labute approximate surface area is 95.2 Å². The molecule has 0 spiro atoms. The van der Waals surface area contributed by atoms with Gasteiger partial charge in [-0.3, -0.25) is 9.59 Å². The number of amides is 1. The Morgan fingerprint density at radius 2 is 2.25 bits per heavy atom. The van der Waals surface area contributed by atoms with Gasteiger partial charge in [0.05, 0.1) is 24.5 Å². The number of hydrogen-bond acceptors (Lipinski definition) is 3. The van der Waals surface area contributed by atoms with Crippen LogP contribution in [0.4, 0.5) is 0 Å². The third-order valence-corrected chi connectivity index (χ3v) is 3.37. The number of ether oxygens (including phenoxy) is 1. The monoisotopic (exact) mass is 223 g/mol. The molecular formula is C12H17NO3. The molecule has 0 saturated carbocycles. The summed E-state index contributed by atoms with van der Waals surface area (Å²) < 4.78 is 4.75. The summed E-state index contributed by atoms with van der Waals surface area (Å²) in [4.78, 5) is 25.2. The topological polar surface area (TPSA) is 46.6 Å². The SMILES string of the molecule is COC(=O)C(C)(C)CN1C(=O)C2C=CC1C2. The van der Waals surface area contributed by atoms with E-state index >= 15 is 0 Å². The molecular weight excluding hydrogens is 206 g/mol. The first-order chi connectivity index (χ1) is 7.45. The lowest BCUT2D eigenvalue weighted by Gasteiger charge is -2.31. The lowest BCUT2D eigenvalue weighted by atomic mass is 9.92. The zero-order valence-corrected chi connectivity index (χ0v) is 9.90. The number of hydrogen-bond donors (Lipinski definition) is 0. The highest BCUT2D eigenvalue weighted by Crippen LogP contribution is 2.35. The summed E-state index contributed by atoms with van der Waals surface area (Å²) in [6.45, 7) is 4.05. The fraction of sp³-hybridized carbons (Fsp3) is 0.667. The van der Waals surface area contributed by atoms with E-state index in [-0.39, 0.29) is 23.8 Å². The molecule has 0 radical (unpaired) electrons. The second-order valence-electron chi connectivity index (χ2n) is 5.14. The molecule has 16 heavy (non-hydrogen) atoms. The Morgan fingerprint density at radius 1 is 1.56 bits per heavy atom. The Bertz CT molecular complexity index is 359. The van der Waals surface area contributed by atoms with Crippen molar-refractivity contribution in [3.8, 4) is 0 Å². The molecule has 0 aromatic heterocycles. The molecule has 2 atom stereocenters. The molecule has 1 heterocycles. The van der Waals surface area contributed by atoms with Gasteiger partial charge in [0.1, 0.15) is 0 Å². The Balaban J connectivity index is 2.08. The maximum absolute atomic E-state index is 11.9. The van der Waals surface area contributed by atoms with Crippen LogP contribution in [-0.4, -0.2) is 36.5 Å². The van der Waals surface area contributed by atoms with Gasteiger partial charge < -0.3 is 9.64 Å². The molecule has 1 aliphatic heterocycles. The molecule has 1 aliphatic carbocycles. The van der Waals surface area contributed by atoms with Gasteiger partial charge >= 0.3 is 5.97 Å². The summed E-state index contributed by atoms with van der Waals surface area (Å²) in [6, 6.07) is 0.182. The number of carbonyl (C=O) groups excluding carboxylic acids is 2. The fourth-order valence-electron chi connectivity index (χ4n) is 2.43. The molecule has 2 unspecified atom stereocenters. The molecule has 4 nitrogen and oxygen atoms in total. The van der Waals surface area contributed by atoms with E-state index in [2.05, 4.69) is 6.08 Å². The Hall–Kier alpha value is -1.32. The average Bonchev–Trinajstić information content (AvgIpc) is 2.81. The molecule has 2 rings (SSSR count). The van der Waals surface area contributed by atoms with Crippen molar-refractivity contribution in [3.05, 3.63) is 12.2 Å². The molecule has 2 aliphatic rings. The second kappa shape index (κ2) is 3.61. The smallest absolute Gasteiger partial charge is 0.313 e. The van der Waals surface area contributed by atoms with Gasteiger partial charge in [0.15, 0.2) is 0 Å². The lowest BCUT2D eigenvalue weighted by Crippen LogP contribution is -2.44. The van der Waals surface area contributed by atoms with Crippen LogP contribution >= 0.6 is 0 Å². The third-order valence-electron chi connectivity index (χ3n) is 3.37. The van der Waals surface area contributed by atoms with Crippen LogP contribution in [0.3, 0.4) is 0 Å². The molecule has 1 amide bonds. The van der Waals surface area contributed by atoms with Crippen LogP contribution < -0.4 is 0 Å². The minimum atomic E-state index is -0.636. The number of methoxy groups -OCH3 is 1. The van der Waals surface area contributed by atoms with E-state index in [9.17, 15) is 9.59 Å². The number of carbonyl (C=O) groups is 2. The first-order valence-corrected chi connectivity index (χ1v) is 5.53. The maximum Gasteiger partial charge on any atom is 0.313 e. The van der Waals surface area contributed by atoms with Crippen molar-refractivity contribution in [2.45, 2.75) is 26.3 Å². The summed E-state index contributed by atoms with van der Waals surface area (Å²) in [5.41, 5.74) is -0.636. The van der Waals surface area contributed by atoms with Crippen LogP contribution in [0, 0.1) is 11.3 Å². The first kappa shape index (κ1) is 11.2. The van der Waals surface area contributed by atoms with Crippen LogP contribution in [0.25, 0.3) is 0 Å². The van der Waals surface area contributed by atoms with Crippen molar-refractivity contribution in [2.75, 3.05) is 13.7 Å². The van der Waals surface area contributed by atoms with Gasteiger partial charge in [-0.1, -0.05) is 12.2 Å². The van der Waals surface area contributed by atoms with Gasteiger partial charge in [0, 0.05) is 6.54 Å². The van der Waals surface area contributed by atoms with E-state index in [0.29, 0.717) is 6.54 Å². The largest absolute Gasteiger partial charge is 0.469 e. The summed E-state index contributed by atoms with van der Waals surface area (Å²) in [7, 11) is 1.38. The van der Waals surface area contributed by atoms with E-state index in [1.807, 2.05) is 19.9 Å². The van der Waals surface area contributed by atoms with E-state index < -0.39 is 5.41 Å². The summed E-state index contributed by atoms with van der Waals surface area (Å²) in [5.74, 6) is -0.0880. The lowest BCUT2D eigenvalue weighted by molar-refractivity contribution is -0.153. The van der Waals surface area contributed by atoms with Crippen molar-refractivity contribution < 1.29 is 14.3 Å². The minimum Gasteiger partial charge on any atom is -0.469 e. The van der Waals surface area contributed by atoms with Crippen molar-refractivity contribution in [1.82, 2.24) is 4.90 Å². The molecule has 1 saturated heterocycles. The predicted molar refractivity (Wildman–Crippen MR) is 58.5 cm³/mol. The van der Waals surface area contributed by atoms with Gasteiger partial charge in [-0.15, -0.1) is 0 Å². The maximum atomic E-state index is 11.9. The molecule has 0 aromatic rings. The molecule has 0 N–H and O–H groups in total. The number of fused-ring (bicyclic) bond motifs is 2. The van der Waals surface area contributed by atoms with Crippen LogP contribution in [-0.2, 0) is 14.3 Å². The van der Waals surface area contributed by atoms with E-state index in [1.54, 1.807) is 4.90 Å². The highest BCUT2D eigenvalue weighted by Gasteiger charge is 2.44. The number of nitrogens with zero attached hydrogens (tertiary/aromatic N) is 1. The summed E-state index contributed by atoms with van der Waals surface area (Å²) in [6.07, 6.45) is 4.89. The second-order valence-corrected chi connectivity index (χ2v) is 5.14. The van der Waals surface area contributed by atoms with Crippen LogP contribution in [0.1, 0.15) is 20.3 Å². The van der Waals surface area contributed by atoms with E-state index in [1.165, 1.54) is 7.11 Å². The zero-order valence-electron chi connectivity index (χ0n) is 9.90. The Kier molecular flexibility index (Phi) is 2.52. The number of esters is 1. The molecule has 0 aromatic carbocycles. The predicted octanol–water partition coefficient (Wildman–Crippen LogP) is 0.972. The quantitative estimate of drug-likeness (QED) is 0.529. The van der Waals surface area contributed by atoms with Crippen molar-refractivity contribution in [2.24, 2.45) is 11.3 Å². The average molecular weight is 223 g/mol. The Morgan fingerprint density at radius 3 is 2.75 bits per heavy atom. The first-order valence-electron chi connectivity index (χ1n) is 5.53.